The zero-order chi connectivity index (χ0) is 14.9. The number of hydrogen-bond donors (Lipinski definition) is 1. The summed E-state index contributed by atoms with van der Waals surface area (Å²) in [7, 11) is 0. The molecule has 0 bridgehead atoms. The number of benzene rings is 1. The highest BCUT2D eigenvalue weighted by molar-refractivity contribution is 8.01. The fourth-order valence-electron chi connectivity index (χ4n) is 1.58. The molecule has 0 radical (unpaired) electrons. The molecule has 6 nitrogen and oxygen atoms in total. The summed E-state index contributed by atoms with van der Waals surface area (Å²) in [5, 5.41) is 10.0. The Morgan fingerprint density at radius 3 is 2.95 bits per heavy atom. The molecule has 0 unspecified atom stereocenters. The van der Waals surface area contributed by atoms with Gasteiger partial charge in [-0.05, 0) is 12.1 Å². The second-order valence-electron chi connectivity index (χ2n) is 3.87. The van der Waals surface area contributed by atoms with Gasteiger partial charge >= 0.3 is 6.29 Å². The van der Waals surface area contributed by atoms with Gasteiger partial charge in [0, 0.05) is 11.8 Å². The van der Waals surface area contributed by atoms with Gasteiger partial charge in [-0.15, -0.1) is 19.0 Å². The highest BCUT2D eigenvalue weighted by Gasteiger charge is 2.43. The van der Waals surface area contributed by atoms with E-state index in [1.165, 1.54) is 41.3 Å². The Balaban J connectivity index is 1.60. The zero-order valence-corrected chi connectivity index (χ0v) is 11.8. The van der Waals surface area contributed by atoms with Gasteiger partial charge in [-0.25, -0.2) is 0 Å². The van der Waals surface area contributed by atoms with Crippen LogP contribution in [-0.4, -0.2) is 28.2 Å². The first-order valence-corrected chi connectivity index (χ1v) is 7.47. The van der Waals surface area contributed by atoms with E-state index in [1.54, 1.807) is 5.51 Å². The van der Waals surface area contributed by atoms with Gasteiger partial charge in [-0.2, -0.15) is 0 Å². The number of fused-ring (bicyclic) bond motifs is 1. The van der Waals surface area contributed by atoms with Crippen molar-refractivity contribution in [2.45, 2.75) is 10.6 Å². The second kappa shape index (κ2) is 5.45. The van der Waals surface area contributed by atoms with E-state index in [4.69, 9.17) is 0 Å². The van der Waals surface area contributed by atoms with Crippen LogP contribution in [0, 0.1) is 0 Å². The van der Waals surface area contributed by atoms with E-state index in [9.17, 15) is 13.6 Å². The summed E-state index contributed by atoms with van der Waals surface area (Å²) in [6.07, 6.45) is -3.67. The van der Waals surface area contributed by atoms with E-state index in [0.29, 0.717) is 10.0 Å². The smallest absolute Gasteiger partial charge is 0.395 e. The van der Waals surface area contributed by atoms with Crippen molar-refractivity contribution in [2.24, 2.45) is 0 Å². The maximum atomic E-state index is 12.9. The average molecular weight is 331 g/mol. The SMILES string of the molecule is O=C(CSc1nncs1)Nc1ccc2c(c1)OC(F)(F)O2. The highest BCUT2D eigenvalue weighted by Crippen LogP contribution is 2.42. The van der Waals surface area contributed by atoms with Gasteiger partial charge in [0.15, 0.2) is 15.8 Å². The molecule has 0 spiro atoms. The number of ether oxygens (including phenoxy) is 2. The minimum absolute atomic E-state index is 0.0683. The van der Waals surface area contributed by atoms with Crippen LogP contribution in [0.3, 0.4) is 0 Å². The molecule has 2 heterocycles. The summed E-state index contributed by atoms with van der Waals surface area (Å²) in [4.78, 5) is 11.7. The number of amides is 1. The van der Waals surface area contributed by atoms with E-state index in [2.05, 4.69) is 25.0 Å². The topological polar surface area (TPSA) is 73.3 Å². The quantitative estimate of drug-likeness (QED) is 0.868. The van der Waals surface area contributed by atoms with Gasteiger partial charge in [0.2, 0.25) is 5.91 Å². The molecule has 1 aliphatic rings. The third-order valence-corrected chi connectivity index (χ3v) is 4.21. The maximum absolute atomic E-state index is 12.9. The molecule has 21 heavy (non-hydrogen) atoms. The first-order chi connectivity index (χ1) is 10.0. The molecule has 1 aromatic carbocycles. The van der Waals surface area contributed by atoms with Crippen molar-refractivity contribution < 1.29 is 23.0 Å². The first kappa shape index (κ1) is 14.0. The van der Waals surface area contributed by atoms with Crippen LogP contribution in [0.2, 0.25) is 0 Å². The molecule has 10 heteroatoms. The van der Waals surface area contributed by atoms with Gasteiger partial charge in [-0.1, -0.05) is 23.1 Å². The largest absolute Gasteiger partial charge is 0.586 e. The van der Waals surface area contributed by atoms with Crippen molar-refractivity contribution in [1.29, 1.82) is 0 Å². The summed E-state index contributed by atoms with van der Waals surface area (Å²) < 4.78 is 35.0. The number of aromatic nitrogens is 2. The van der Waals surface area contributed by atoms with Crippen molar-refractivity contribution in [3.63, 3.8) is 0 Å². The van der Waals surface area contributed by atoms with Crippen LogP contribution in [0.4, 0.5) is 14.5 Å². The van der Waals surface area contributed by atoms with Gasteiger partial charge < -0.3 is 14.8 Å². The zero-order valence-electron chi connectivity index (χ0n) is 10.2. The molecule has 1 amide bonds. The number of halogens is 2. The fraction of sp³-hybridized carbons (Fsp3) is 0.182. The molecule has 1 aromatic heterocycles. The molecule has 1 aliphatic heterocycles. The lowest BCUT2D eigenvalue weighted by Crippen LogP contribution is -2.25. The summed E-state index contributed by atoms with van der Waals surface area (Å²) in [5.41, 5.74) is 1.91. The molecular weight excluding hydrogens is 324 g/mol. The van der Waals surface area contributed by atoms with E-state index in [0.717, 1.165) is 0 Å². The third kappa shape index (κ3) is 3.39. The summed E-state index contributed by atoms with van der Waals surface area (Å²) in [6.45, 7) is 0. The predicted octanol–water partition coefficient (Wildman–Crippen LogP) is 2.59. The van der Waals surface area contributed by atoms with Crippen molar-refractivity contribution >= 4 is 34.7 Å². The van der Waals surface area contributed by atoms with Crippen LogP contribution >= 0.6 is 23.1 Å². The van der Waals surface area contributed by atoms with E-state index in [1.807, 2.05) is 0 Å². The molecule has 3 rings (SSSR count). The number of thioether (sulfide) groups is 1. The number of carbonyl (C=O) groups is 1. The normalized spacial score (nSPS) is 15.0. The Morgan fingerprint density at radius 2 is 2.19 bits per heavy atom. The van der Waals surface area contributed by atoms with E-state index >= 15 is 0 Å². The van der Waals surface area contributed by atoms with Gasteiger partial charge in [0.25, 0.3) is 0 Å². The van der Waals surface area contributed by atoms with Crippen LogP contribution < -0.4 is 14.8 Å². The minimum Gasteiger partial charge on any atom is -0.395 e. The summed E-state index contributed by atoms with van der Waals surface area (Å²) in [6, 6.07) is 4.05. The number of anilines is 1. The molecule has 2 aromatic rings. The van der Waals surface area contributed by atoms with Gasteiger partial charge in [0.05, 0.1) is 5.75 Å². The number of nitrogens with one attached hydrogen (secondary N) is 1. The number of nitrogens with zero attached hydrogens (tertiary/aromatic N) is 2. The van der Waals surface area contributed by atoms with Crippen LogP contribution in [0.1, 0.15) is 0 Å². The number of hydrogen-bond acceptors (Lipinski definition) is 7. The molecule has 0 saturated carbocycles. The lowest BCUT2D eigenvalue weighted by Gasteiger charge is -2.05. The van der Waals surface area contributed by atoms with Crippen LogP contribution in [0.5, 0.6) is 11.5 Å². The standard InChI is InChI=1S/C11H7F2N3O3S2/c12-11(13)18-7-2-1-6(3-8(7)19-11)15-9(17)4-20-10-16-14-5-21-10/h1-3,5H,4H2,(H,15,17). The first-order valence-electron chi connectivity index (χ1n) is 5.60. The number of rotatable bonds is 4. The number of carbonyl (C=O) groups excluding carboxylic acids is 1. The van der Waals surface area contributed by atoms with Crippen LogP contribution in [0.25, 0.3) is 0 Å². The fourth-order valence-corrected chi connectivity index (χ4v) is 2.87. The Hall–Kier alpha value is -1.94. The summed E-state index contributed by atoms with van der Waals surface area (Å²) >= 11 is 2.56. The lowest BCUT2D eigenvalue weighted by molar-refractivity contribution is -0.286. The van der Waals surface area contributed by atoms with Crippen LogP contribution in [-0.2, 0) is 4.79 Å². The third-order valence-electron chi connectivity index (χ3n) is 2.35. The maximum Gasteiger partial charge on any atom is 0.586 e. The molecule has 1 N–H and O–H groups in total. The molecule has 0 aliphatic carbocycles. The predicted molar refractivity (Wildman–Crippen MR) is 71.9 cm³/mol. The van der Waals surface area contributed by atoms with Crippen molar-refractivity contribution in [2.75, 3.05) is 11.1 Å². The Kier molecular flexibility index (Phi) is 3.64. The monoisotopic (exact) mass is 331 g/mol. The van der Waals surface area contributed by atoms with Crippen molar-refractivity contribution in [3.05, 3.63) is 23.7 Å². The molecule has 0 fully saturated rings. The second-order valence-corrected chi connectivity index (χ2v) is 5.93. The van der Waals surface area contributed by atoms with Gasteiger partial charge in [0.1, 0.15) is 5.51 Å². The summed E-state index contributed by atoms with van der Waals surface area (Å²) in [5.74, 6) is -0.337. The van der Waals surface area contributed by atoms with Crippen molar-refractivity contribution in [1.82, 2.24) is 10.2 Å². The molecule has 0 saturated heterocycles. The molecular formula is C11H7F2N3O3S2. The Morgan fingerprint density at radius 1 is 1.38 bits per heavy atom. The van der Waals surface area contributed by atoms with Gasteiger partial charge in [-0.3, -0.25) is 4.79 Å². The van der Waals surface area contributed by atoms with Crippen molar-refractivity contribution in [3.8, 4) is 11.5 Å². The Labute approximate surface area is 125 Å². The highest BCUT2D eigenvalue weighted by atomic mass is 32.2. The molecule has 110 valence electrons. The van der Waals surface area contributed by atoms with E-state index < -0.39 is 6.29 Å². The lowest BCUT2D eigenvalue weighted by atomic mass is 10.3. The molecule has 0 atom stereocenters. The Bertz CT molecular complexity index is 667. The minimum atomic E-state index is -3.67. The number of alkyl halides is 2. The van der Waals surface area contributed by atoms with E-state index in [-0.39, 0.29) is 23.2 Å². The van der Waals surface area contributed by atoms with Crippen LogP contribution in [0.15, 0.2) is 28.0 Å². The average Bonchev–Trinajstić information content (AvgIpc) is 3.01.